The van der Waals surface area contributed by atoms with E-state index in [1.54, 1.807) is 0 Å². The lowest BCUT2D eigenvalue weighted by molar-refractivity contribution is -0.122. The Labute approximate surface area is 176 Å². The van der Waals surface area contributed by atoms with E-state index in [1.807, 2.05) is 0 Å². The van der Waals surface area contributed by atoms with Gasteiger partial charge < -0.3 is 10.2 Å². The third-order valence-corrected chi connectivity index (χ3v) is 6.64. The Hall–Kier alpha value is -2.67. The van der Waals surface area contributed by atoms with Crippen LogP contribution in [0.15, 0.2) is 52.2 Å². The third-order valence-electron chi connectivity index (χ3n) is 6.64. The van der Waals surface area contributed by atoms with Crippen molar-refractivity contribution in [3.63, 3.8) is 0 Å². The van der Waals surface area contributed by atoms with Gasteiger partial charge in [-0.05, 0) is 31.2 Å². The average Bonchev–Trinajstić information content (AvgIpc) is 3.22. The standard InChI is InChI=1S/C23H30N4O3/c28-20-10-15-27(22(30)25-20)16-21(29)24-19-8-13-26(14-9-19)17-23(11-4-5-12-23)18-6-2-1-3-7-18/h1-3,6-7,10,15,19H,4-5,8-9,11-14,16-17H2,(H,24,29)(H,25,28,30). The molecular weight excluding hydrogens is 380 g/mol. The van der Waals surface area contributed by atoms with Crippen molar-refractivity contribution in [3.05, 3.63) is 69.0 Å². The zero-order valence-corrected chi connectivity index (χ0v) is 17.3. The summed E-state index contributed by atoms with van der Waals surface area (Å²) < 4.78 is 1.22. The highest BCUT2D eigenvalue weighted by molar-refractivity contribution is 5.76. The molecule has 1 saturated heterocycles. The Morgan fingerprint density at radius 2 is 1.77 bits per heavy atom. The molecule has 2 N–H and O–H groups in total. The quantitative estimate of drug-likeness (QED) is 0.758. The normalized spacial score (nSPS) is 19.6. The van der Waals surface area contributed by atoms with E-state index in [0.717, 1.165) is 32.5 Å². The van der Waals surface area contributed by atoms with Gasteiger partial charge in [-0.1, -0.05) is 43.2 Å². The summed E-state index contributed by atoms with van der Waals surface area (Å²) >= 11 is 0. The molecule has 0 atom stereocenters. The van der Waals surface area contributed by atoms with Crippen LogP contribution in [-0.4, -0.2) is 46.0 Å². The number of hydrogen-bond donors (Lipinski definition) is 2. The Morgan fingerprint density at radius 3 is 2.43 bits per heavy atom. The molecule has 2 aliphatic rings. The zero-order chi connectivity index (χ0) is 21.0. The van der Waals surface area contributed by atoms with Crippen LogP contribution in [0.5, 0.6) is 0 Å². The first kappa shape index (κ1) is 20.6. The SMILES string of the molecule is O=C(Cn1ccc(=O)[nH]c1=O)NC1CCN(CC2(c3ccccc3)CCCC2)CC1. The first-order valence-electron chi connectivity index (χ1n) is 10.9. The maximum Gasteiger partial charge on any atom is 0.328 e. The smallest absolute Gasteiger partial charge is 0.328 e. The molecule has 30 heavy (non-hydrogen) atoms. The summed E-state index contributed by atoms with van der Waals surface area (Å²) in [6.45, 7) is 2.95. The van der Waals surface area contributed by atoms with Gasteiger partial charge in [0.2, 0.25) is 5.91 Å². The molecule has 0 radical (unpaired) electrons. The number of aromatic nitrogens is 2. The second-order valence-electron chi connectivity index (χ2n) is 8.71. The van der Waals surface area contributed by atoms with Gasteiger partial charge in [-0.25, -0.2) is 4.79 Å². The number of benzene rings is 1. The minimum atomic E-state index is -0.560. The van der Waals surface area contributed by atoms with Crippen LogP contribution in [-0.2, 0) is 16.8 Å². The summed E-state index contributed by atoms with van der Waals surface area (Å²) in [5.74, 6) is -0.195. The Morgan fingerprint density at radius 1 is 1.07 bits per heavy atom. The third kappa shape index (κ3) is 4.73. The number of rotatable bonds is 6. The number of likely N-dealkylation sites (tertiary alicyclic amines) is 1. The van der Waals surface area contributed by atoms with Gasteiger partial charge in [-0.3, -0.25) is 19.1 Å². The van der Waals surface area contributed by atoms with Gasteiger partial charge in [-0.2, -0.15) is 0 Å². The number of amides is 1. The summed E-state index contributed by atoms with van der Waals surface area (Å²) in [5, 5.41) is 3.05. The van der Waals surface area contributed by atoms with Gasteiger partial charge in [0.15, 0.2) is 0 Å². The van der Waals surface area contributed by atoms with Crippen LogP contribution in [0.2, 0.25) is 0 Å². The van der Waals surface area contributed by atoms with Crippen molar-refractivity contribution in [1.29, 1.82) is 0 Å². The predicted molar refractivity (Wildman–Crippen MR) is 116 cm³/mol. The van der Waals surface area contributed by atoms with Gasteiger partial charge in [0.1, 0.15) is 6.54 Å². The fourth-order valence-electron chi connectivity index (χ4n) is 5.04. The lowest BCUT2D eigenvalue weighted by Gasteiger charge is -2.39. The fourth-order valence-corrected chi connectivity index (χ4v) is 5.04. The molecule has 2 heterocycles. The summed E-state index contributed by atoms with van der Waals surface area (Å²) in [5.41, 5.74) is 0.710. The van der Waals surface area contributed by atoms with Crippen molar-refractivity contribution in [2.24, 2.45) is 0 Å². The van der Waals surface area contributed by atoms with Crippen LogP contribution in [0, 0.1) is 0 Å². The Balaban J connectivity index is 1.30. The highest BCUT2D eigenvalue weighted by Gasteiger charge is 2.37. The molecule has 7 heteroatoms. The molecule has 1 aromatic carbocycles. The maximum absolute atomic E-state index is 12.3. The lowest BCUT2D eigenvalue weighted by Crippen LogP contribution is -2.49. The number of carbonyl (C=O) groups is 1. The van der Waals surface area contributed by atoms with Gasteiger partial charge in [0.05, 0.1) is 0 Å². The van der Waals surface area contributed by atoms with Crippen LogP contribution in [0.25, 0.3) is 0 Å². The van der Waals surface area contributed by atoms with Crippen molar-refractivity contribution in [3.8, 4) is 0 Å². The van der Waals surface area contributed by atoms with Crippen molar-refractivity contribution < 1.29 is 4.79 Å². The molecule has 0 bridgehead atoms. The largest absolute Gasteiger partial charge is 0.352 e. The number of hydrogen-bond acceptors (Lipinski definition) is 4. The second-order valence-corrected chi connectivity index (χ2v) is 8.71. The number of nitrogens with one attached hydrogen (secondary N) is 2. The molecule has 160 valence electrons. The molecule has 7 nitrogen and oxygen atoms in total. The molecule has 2 fully saturated rings. The molecule has 0 unspecified atom stereocenters. The van der Waals surface area contributed by atoms with E-state index in [-0.39, 0.29) is 23.9 Å². The molecule has 4 rings (SSSR count). The highest BCUT2D eigenvalue weighted by atomic mass is 16.2. The number of piperidine rings is 1. The van der Waals surface area contributed by atoms with Gasteiger partial charge in [-0.15, -0.1) is 0 Å². The highest BCUT2D eigenvalue weighted by Crippen LogP contribution is 2.42. The van der Waals surface area contributed by atoms with E-state index in [0.29, 0.717) is 0 Å². The second kappa shape index (κ2) is 9.00. The molecule has 1 aliphatic carbocycles. The summed E-state index contributed by atoms with van der Waals surface area (Å²) in [4.78, 5) is 39.9. The summed E-state index contributed by atoms with van der Waals surface area (Å²) in [6, 6.07) is 12.3. The molecule has 1 aromatic heterocycles. The molecular formula is C23H30N4O3. The minimum absolute atomic E-state index is 0.0764. The van der Waals surface area contributed by atoms with Crippen LogP contribution >= 0.6 is 0 Å². The summed E-state index contributed by atoms with van der Waals surface area (Å²) in [6.07, 6.45) is 8.28. The van der Waals surface area contributed by atoms with E-state index in [2.05, 4.69) is 45.5 Å². The van der Waals surface area contributed by atoms with Crippen LogP contribution in [0.1, 0.15) is 44.1 Å². The van der Waals surface area contributed by atoms with Crippen molar-refractivity contribution in [1.82, 2.24) is 19.8 Å². The van der Waals surface area contributed by atoms with Gasteiger partial charge in [0.25, 0.3) is 5.56 Å². The number of carbonyl (C=O) groups excluding carboxylic acids is 1. The van der Waals surface area contributed by atoms with Crippen LogP contribution < -0.4 is 16.6 Å². The molecule has 1 amide bonds. The van der Waals surface area contributed by atoms with Gasteiger partial charge >= 0.3 is 5.69 Å². The number of H-pyrrole nitrogens is 1. The lowest BCUT2D eigenvalue weighted by atomic mass is 9.78. The topological polar surface area (TPSA) is 87.2 Å². The van der Waals surface area contributed by atoms with Crippen molar-refractivity contribution >= 4 is 5.91 Å². The van der Waals surface area contributed by atoms with Crippen molar-refractivity contribution in [2.75, 3.05) is 19.6 Å². The molecule has 2 aromatic rings. The monoisotopic (exact) mass is 410 g/mol. The summed E-state index contributed by atoms with van der Waals surface area (Å²) in [7, 11) is 0. The van der Waals surface area contributed by atoms with E-state index < -0.39 is 11.2 Å². The van der Waals surface area contributed by atoms with Gasteiger partial charge in [0, 0.05) is 43.4 Å². The van der Waals surface area contributed by atoms with E-state index in [9.17, 15) is 14.4 Å². The van der Waals surface area contributed by atoms with E-state index in [4.69, 9.17) is 0 Å². The van der Waals surface area contributed by atoms with Crippen molar-refractivity contribution in [2.45, 2.75) is 56.5 Å². The Kier molecular flexibility index (Phi) is 6.18. The van der Waals surface area contributed by atoms with E-state index >= 15 is 0 Å². The average molecular weight is 411 g/mol. The van der Waals surface area contributed by atoms with E-state index in [1.165, 1.54) is 48.1 Å². The first-order chi connectivity index (χ1) is 14.5. The molecule has 1 aliphatic heterocycles. The molecule has 1 saturated carbocycles. The van der Waals surface area contributed by atoms with Crippen LogP contribution in [0.3, 0.4) is 0 Å². The minimum Gasteiger partial charge on any atom is -0.352 e. The Bertz CT molecular complexity index is 968. The predicted octanol–water partition coefficient (Wildman–Crippen LogP) is 1.63. The first-order valence-corrected chi connectivity index (χ1v) is 10.9. The fraction of sp³-hybridized carbons (Fsp3) is 0.522. The molecule has 0 spiro atoms. The zero-order valence-electron chi connectivity index (χ0n) is 17.3. The van der Waals surface area contributed by atoms with Crippen LogP contribution in [0.4, 0.5) is 0 Å². The number of aromatic amines is 1. The maximum atomic E-state index is 12.3. The number of nitrogens with zero attached hydrogens (tertiary/aromatic N) is 2.